The van der Waals surface area contributed by atoms with Crippen LogP contribution in [-0.2, 0) is 10.2 Å². The molecule has 2 aromatic rings. The van der Waals surface area contributed by atoms with E-state index in [4.69, 9.17) is 0 Å². The fraction of sp³-hybridized carbons (Fsp3) is 0.522. The predicted octanol–water partition coefficient (Wildman–Crippen LogP) is -1.15. The zero-order chi connectivity index (χ0) is 19.2. The number of aromatic nitrogens is 2. The second-order valence-corrected chi connectivity index (χ2v) is 8.15. The van der Waals surface area contributed by atoms with E-state index in [1.54, 1.807) is 17.3 Å². The minimum Gasteiger partial charge on any atom is -1.00 e. The Morgan fingerprint density at radius 1 is 0.897 bits per heavy atom. The Morgan fingerprint density at radius 3 is 2.00 bits per heavy atom. The molecular weight excluding hydrogens is 428 g/mol. The number of hydrogen-bond donors (Lipinski definition) is 1. The van der Waals surface area contributed by atoms with E-state index in [2.05, 4.69) is 9.97 Å². The van der Waals surface area contributed by atoms with Crippen LogP contribution in [0.1, 0.15) is 49.9 Å². The standard InChI is InChI=1S/C23H30N4O.BrH/c28-22(27-17-8-9-18-27)23(20-10-2-4-13-24-20,21-11-3-5-14-25-21)12-19-26-15-6-1-7-16-26;/h2-5,10-11,13-14H,1,6-9,12,15-19H2;1H. The molecule has 0 radical (unpaired) electrons. The smallest absolute Gasteiger partial charge is 0.241 e. The average Bonchev–Trinajstić information content (AvgIpc) is 3.31. The molecule has 2 fully saturated rings. The Kier molecular flexibility index (Phi) is 7.78. The summed E-state index contributed by atoms with van der Waals surface area (Å²) in [6.45, 7) is 5.08. The minimum absolute atomic E-state index is 0. The fourth-order valence-electron chi connectivity index (χ4n) is 4.80. The molecule has 0 aliphatic carbocycles. The zero-order valence-corrected chi connectivity index (χ0v) is 18.6. The van der Waals surface area contributed by atoms with E-state index < -0.39 is 5.41 Å². The normalized spacial score (nSPS) is 17.7. The SMILES string of the molecule is O=C(N1CCCC1)C(CC[NH+]1CCCCC1)(c1ccccn1)c1ccccn1.[Br-]. The average molecular weight is 459 g/mol. The summed E-state index contributed by atoms with van der Waals surface area (Å²) in [5.74, 6) is 0.179. The Balaban J connectivity index is 0.00000240. The van der Waals surface area contributed by atoms with E-state index in [1.807, 2.05) is 41.3 Å². The molecule has 0 saturated carbocycles. The third-order valence-electron chi connectivity index (χ3n) is 6.38. The van der Waals surface area contributed by atoms with Crippen LogP contribution in [0.3, 0.4) is 0 Å². The molecule has 2 aromatic heterocycles. The molecule has 4 rings (SSSR count). The van der Waals surface area contributed by atoms with E-state index in [0.29, 0.717) is 0 Å². The van der Waals surface area contributed by atoms with Crippen LogP contribution in [0, 0.1) is 0 Å². The number of nitrogens with zero attached hydrogens (tertiary/aromatic N) is 3. The van der Waals surface area contributed by atoms with E-state index in [-0.39, 0.29) is 22.9 Å². The Bertz CT molecular complexity index is 719. The molecule has 0 bridgehead atoms. The number of likely N-dealkylation sites (tertiary alicyclic amines) is 2. The second-order valence-electron chi connectivity index (χ2n) is 8.15. The van der Waals surface area contributed by atoms with Crippen LogP contribution in [0.5, 0.6) is 0 Å². The lowest BCUT2D eigenvalue weighted by Gasteiger charge is -2.36. The van der Waals surface area contributed by atoms with Gasteiger partial charge in [0.2, 0.25) is 5.91 Å². The predicted molar refractivity (Wildman–Crippen MR) is 109 cm³/mol. The number of nitrogens with one attached hydrogen (secondary N) is 1. The summed E-state index contributed by atoms with van der Waals surface area (Å²) in [5.41, 5.74) is 0.876. The first kappa shape index (κ1) is 21.9. The maximum absolute atomic E-state index is 14.0. The van der Waals surface area contributed by atoms with E-state index >= 15 is 0 Å². The highest BCUT2D eigenvalue weighted by molar-refractivity contribution is 5.91. The van der Waals surface area contributed by atoms with Gasteiger partial charge in [-0.2, -0.15) is 0 Å². The van der Waals surface area contributed by atoms with Crippen LogP contribution in [-0.4, -0.2) is 53.5 Å². The summed E-state index contributed by atoms with van der Waals surface area (Å²) >= 11 is 0. The molecular formula is C23H31BrN4O. The van der Waals surface area contributed by atoms with Crippen molar-refractivity contribution in [2.75, 3.05) is 32.7 Å². The lowest BCUT2D eigenvalue weighted by Crippen LogP contribution is -3.13. The van der Waals surface area contributed by atoms with Gasteiger partial charge >= 0.3 is 0 Å². The quantitative estimate of drug-likeness (QED) is 0.594. The Labute approximate surface area is 184 Å². The number of carbonyl (C=O) groups excluding carboxylic acids is 1. The van der Waals surface area contributed by atoms with Crippen LogP contribution < -0.4 is 21.9 Å². The van der Waals surface area contributed by atoms with Crippen LogP contribution in [0.4, 0.5) is 0 Å². The number of carbonyl (C=O) groups is 1. The van der Waals surface area contributed by atoms with E-state index in [9.17, 15) is 4.79 Å². The summed E-state index contributed by atoms with van der Waals surface area (Å²) in [4.78, 5) is 27.0. The first-order valence-corrected chi connectivity index (χ1v) is 10.8. The van der Waals surface area contributed by atoms with Crippen molar-refractivity contribution in [3.63, 3.8) is 0 Å². The van der Waals surface area contributed by atoms with Crippen molar-refractivity contribution in [2.24, 2.45) is 0 Å². The van der Waals surface area contributed by atoms with Gasteiger partial charge in [0.1, 0.15) is 5.41 Å². The van der Waals surface area contributed by atoms with Crippen molar-refractivity contribution in [1.29, 1.82) is 0 Å². The summed E-state index contributed by atoms with van der Waals surface area (Å²) in [6, 6.07) is 11.8. The van der Waals surface area contributed by atoms with Gasteiger partial charge in [-0.15, -0.1) is 0 Å². The van der Waals surface area contributed by atoms with Gasteiger partial charge in [0.15, 0.2) is 0 Å². The molecule has 5 nitrogen and oxygen atoms in total. The van der Waals surface area contributed by atoms with Gasteiger partial charge in [-0.05, 0) is 56.4 Å². The molecule has 1 amide bonds. The summed E-state index contributed by atoms with van der Waals surface area (Å²) in [6.07, 6.45) is 10.4. The first-order valence-electron chi connectivity index (χ1n) is 10.8. The van der Waals surface area contributed by atoms with Gasteiger partial charge in [0.05, 0.1) is 31.0 Å². The van der Waals surface area contributed by atoms with E-state index in [1.165, 1.54) is 32.4 Å². The third-order valence-corrected chi connectivity index (χ3v) is 6.38. The van der Waals surface area contributed by atoms with Crippen LogP contribution >= 0.6 is 0 Å². The molecule has 4 heterocycles. The number of pyridine rings is 2. The first-order chi connectivity index (χ1) is 13.8. The lowest BCUT2D eigenvalue weighted by atomic mass is 9.75. The highest BCUT2D eigenvalue weighted by Crippen LogP contribution is 2.36. The topological polar surface area (TPSA) is 50.5 Å². The number of amides is 1. The number of hydrogen-bond acceptors (Lipinski definition) is 3. The van der Waals surface area contributed by atoms with Crippen molar-refractivity contribution in [2.45, 2.75) is 43.9 Å². The minimum atomic E-state index is -0.794. The van der Waals surface area contributed by atoms with Crippen molar-refractivity contribution in [1.82, 2.24) is 14.9 Å². The van der Waals surface area contributed by atoms with Crippen LogP contribution in [0.15, 0.2) is 48.8 Å². The maximum Gasteiger partial charge on any atom is 0.241 e. The Hall–Kier alpha value is -1.79. The molecule has 29 heavy (non-hydrogen) atoms. The molecule has 6 heteroatoms. The van der Waals surface area contributed by atoms with E-state index in [0.717, 1.165) is 50.3 Å². The molecule has 0 aromatic carbocycles. The monoisotopic (exact) mass is 458 g/mol. The van der Waals surface area contributed by atoms with Gasteiger partial charge in [0.25, 0.3) is 0 Å². The Morgan fingerprint density at radius 2 is 1.48 bits per heavy atom. The van der Waals surface area contributed by atoms with Crippen LogP contribution in [0.2, 0.25) is 0 Å². The molecule has 1 N–H and O–H groups in total. The molecule has 0 spiro atoms. The van der Waals surface area contributed by atoms with Crippen molar-refractivity contribution in [3.05, 3.63) is 60.2 Å². The number of halogens is 1. The highest BCUT2D eigenvalue weighted by Gasteiger charge is 2.48. The maximum atomic E-state index is 14.0. The number of piperidine rings is 1. The van der Waals surface area contributed by atoms with Gasteiger partial charge < -0.3 is 26.8 Å². The second kappa shape index (κ2) is 10.3. The fourth-order valence-corrected chi connectivity index (χ4v) is 4.80. The van der Waals surface area contributed by atoms with Gasteiger partial charge in [-0.1, -0.05) is 12.1 Å². The molecule has 0 atom stereocenters. The molecule has 0 unspecified atom stereocenters. The summed E-state index contributed by atoms with van der Waals surface area (Å²) in [5, 5.41) is 0. The summed E-state index contributed by atoms with van der Waals surface area (Å²) in [7, 11) is 0. The van der Waals surface area contributed by atoms with Gasteiger partial charge in [-0.25, -0.2) is 0 Å². The lowest BCUT2D eigenvalue weighted by molar-refractivity contribution is -0.905. The molecule has 2 aliphatic rings. The van der Waals surface area contributed by atoms with Crippen molar-refractivity contribution in [3.8, 4) is 0 Å². The molecule has 2 saturated heterocycles. The zero-order valence-electron chi connectivity index (χ0n) is 17.0. The van der Waals surface area contributed by atoms with Crippen LogP contribution in [0.25, 0.3) is 0 Å². The number of quaternary nitrogens is 1. The van der Waals surface area contributed by atoms with Crippen molar-refractivity contribution < 1.29 is 26.7 Å². The van der Waals surface area contributed by atoms with Gasteiger partial charge in [-0.3, -0.25) is 14.8 Å². The van der Waals surface area contributed by atoms with Crippen molar-refractivity contribution >= 4 is 5.91 Å². The number of rotatable bonds is 6. The summed E-state index contributed by atoms with van der Waals surface area (Å²) < 4.78 is 0. The molecule has 2 aliphatic heterocycles. The molecule has 156 valence electrons. The highest BCUT2D eigenvalue weighted by atomic mass is 79.9. The van der Waals surface area contributed by atoms with Gasteiger partial charge in [0, 0.05) is 31.9 Å². The third kappa shape index (κ3) is 4.69. The largest absolute Gasteiger partial charge is 1.00 e.